The molecule has 178 valence electrons. The Morgan fingerprint density at radius 3 is 2.70 bits per heavy atom. The summed E-state index contributed by atoms with van der Waals surface area (Å²) in [6.07, 6.45) is 1.65. The van der Waals surface area contributed by atoms with Gasteiger partial charge in [0.25, 0.3) is 0 Å². The van der Waals surface area contributed by atoms with Crippen LogP contribution in [0, 0.1) is 23.7 Å². The quantitative estimate of drug-likeness (QED) is 0.340. The van der Waals surface area contributed by atoms with Gasteiger partial charge in [0.05, 0.1) is 12.7 Å². The molecule has 11 heteroatoms. The number of hydrogen-bond donors (Lipinski definition) is 4. The number of hydrogen-bond acceptors (Lipinski definition) is 9. The van der Waals surface area contributed by atoms with Gasteiger partial charge in [0.2, 0.25) is 6.41 Å². The smallest absolute Gasteiger partial charge is 0.211 e. The lowest BCUT2D eigenvalue weighted by molar-refractivity contribution is -0.141. The molecule has 4 atom stereocenters. The normalized spacial score (nSPS) is 29.6. The summed E-state index contributed by atoms with van der Waals surface area (Å²) in [5.74, 6) is 7.72. The van der Waals surface area contributed by atoms with Gasteiger partial charge < -0.3 is 30.7 Å². The SMILES string of the molecule is CCN(C=O)[C@H]1O[C@@H](n2cnc3c(N)nc(CC#CC4CCC(CO)CC4)nc32)[C@H](O)[C@@H]1O. The van der Waals surface area contributed by atoms with Gasteiger partial charge in [-0.05, 0) is 38.5 Å². The molecule has 2 aromatic rings. The van der Waals surface area contributed by atoms with Gasteiger partial charge in [-0.25, -0.2) is 15.0 Å². The van der Waals surface area contributed by atoms with Crippen LogP contribution in [0.1, 0.15) is 44.7 Å². The minimum absolute atomic E-state index is 0.187. The van der Waals surface area contributed by atoms with Crippen molar-refractivity contribution in [1.29, 1.82) is 0 Å². The van der Waals surface area contributed by atoms with E-state index in [1.54, 1.807) is 6.92 Å². The number of imidazole rings is 1. The van der Waals surface area contributed by atoms with Crippen molar-refractivity contribution >= 4 is 23.4 Å². The van der Waals surface area contributed by atoms with Gasteiger partial charge in [-0.15, -0.1) is 0 Å². The van der Waals surface area contributed by atoms with Crippen LogP contribution in [0.15, 0.2) is 6.33 Å². The lowest BCUT2D eigenvalue weighted by Crippen LogP contribution is -2.43. The molecule has 2 aromatic heterocycles. The van der Waals surface area contributed by atoms with E-state index in [0.717, 1.165) is 25.7 Å². The number of aliphatic hydroxyl groups excluding tert-OH is 3. The molecule has 2 fully saturated rings. The summed E-state index contributed by atoms with van der Waals surface area (Å²) in [4.78, 5) is 25.6. The summed E-state index contributed by atoms with van der Waals surface area (Å²) in [6.45, 7) is 2.30. The summed E-state index contributed by atoms with van der Waals surface area (Å²) < 4.78 is 7.30. The Labute approximate surface area is 191 Å². The second kappa shape index (κ2) is 10.0. The van der Waals surface area contributed by atoms with Crippen LogP contribution in [-0.4, -0.2) is 77.7 Å². The Balaban J connectivity index is 1.54. The van der Waals surface area contributed by atoms with E-state index < -0.39 is 24.7 Å². The summed E-state index contributed by atoms with van der Waals surface area (Å²) in [5, 5.41) is 30.3. The highest BCUT2D eigenvalue weighted by Gasteiger charge is 2.46. The van der Waals surface area contributed by atoms with Crippen LogP contribution in [-0.2, 0) is 16.0 Å². The molecule has 2 aliphatic rings. The van der Waals surface area contributed by atoms with Gasteiger partial charge in [0.15, 0.2) is 23.9 Å². The standard InChI is InChI=1S/C22H30N6O5/c1-2-27(12-30)21-17(31)18(32)22(33-21)28-11-24-16-19(23)25-15(26-20(16)28)5-3-4-13-6-8-14(10-29)9-7-13/h11-14,17-18,21-22,29,31-32H,2,5-10H2,1H3,(H2,23,25,26)/t13?,14?,17-,18+,21-,22+/m0/s1. The van der Waals surface area contributed by atoms with Crippen LogP contribution in [0.2, 0.25) is 0 Å². The van der Waals surface area contributed by atoms with Crippen molar-refractivity contribution < 1.29 is 24.9 Å². The maximum Gasteiger partial charge on any atom is 0.211 e. The van der Waals surface area contributed by atoms with Crippen LogP contribution in [0.5, 0.6) is 0 Å². The number of fused-ring (bicyclic) bond motifs is 1. The van der Waals surface area contributed by atoms with Gasteiger partial charge >= 0.3 is 0 Å². The number of carbonyl (C=O) groups is 1. The molecule has 1 aliphatic heterocycles. The number of aromatic nitrogens is 4. The summed E-state index contributed by atoms with van der Waals surface area (Å²) in [7, 11) is 0. The van der Waals surface area contributed by atoms with Crippen molar-refractivity contribution in [3.05, 3.63) is 12.2 Å². The van der Waals surface area contributed by atoms with E-state index in [1.165, 1.54) is 15.8 Å². The maximum absolute atomic E-state index is 11.3. The summed E-state index contributed by atoms with van der Waals surface area (Å²) in [5.41, 5.74) is 6.80. The molecule has 1 saturated carbocycles. The van der Waals surface area contributed by atoms with E-state index in [1.807, 2.05) is 0 Å². The molecule has 0 aromatic carbocycles. The van der Waals surface area contributed by atoms with E-state index in [9.17, 15) is 20.1 Å². The number of ether oxygens (including phenoxy) is 1. The Bertz CT molecular complexity index is 1040. The second-order valence-corrected chi connectivity index (χ2v) is 8.58. The van der Waals surface area contributed by atoms with E-state index >= 15 is 0 Å². The molecule has 0 radical (unpaired) electrons. The zero-order chi connectivity index (χ0) is 23.5. The first-order valence-electron chi connectivity index (χ1n) is 11.3. The van der Waals surface area contributed by atoms with Gasteiger partial charge in [-0.2, -0.15) is 0 Å². The van der Waals surface area contributed by atoms with Crippen LogP contribution in [0.3, 0.4) is 0 Å². The third kappa shape index (κ3) is 4.65. The molecule has 4 rings (SSSR count). The Morgan fingerprint density at radius 2 is 2.03 bits per heavy atom. The Kier molecular flexibility index (Phi) is 7.09. The average molecular weight is 459 g/mol. The van der Waals surface area contributed by atoms with Crippen LogP contribution in [0.4, 0.5) is 5.82 Å². The number of anilines is 1. The van der Waals surface area contributed by atoms with Crippen molar-refractivity contribution in [2.24, 2.45) is 11.8 Å². The number of amides is 1. The number of aliphatic hydroxyl groups is 3. The highest BCUT2D eigenvalue weighted by molar-refractivity contribution is 5.81. The van der Waals surface area contributed by atoms with Crippen molar-refractivity contribution in [2.45, 2.75) is 63.7 Å². The molecular weight excluding hydrogens is 428 g/mol. The molecule has 1 aliphatic carbocycles. The third-order valence-corrected chi connectivity index (χ3v) is 6.47. The fraction of sp³-hybridized carbons (Fsp3) is 0.636. The van der Waals surface area contributed by atoms with E-state index in [0.29, 0.717) is 48.2 Å². The molecule has 33 heavy (non-hydrogen) atoms. The molecule has 0 unspecified atom stereocenters. The van der Waals surface area contributed by atoms with Crippen LogP contribution >= 0.6 is 0 Å². The lowest BCUT2D eigenvalue weighted by atomic mass is 9.83. The number of nitrogens with two attached hydrogens (primary N) is 1. The lowest BCUT2D eigenvalue weighted by Gasteiger charge is -2.25. The molecule has 0 bridgehead atoms. The average Bonchev–Trinajstić information content (AvgIpc) is 3.37. The van der Waals surface area contributed by atoms with Crippen molar-refractivity contribution in [1.82, 2.24) is 24.4 Å². The van der Waals surface area contributed by atoms with E-state index in [4.69, 9.17) is 10.5 Å². The predicted molar refractivity (Wildman–Crippen MR) is 118 cm³/mol. The monoisotopic (exact) mass is 458 g/mol. The highest BCUT2D eigenvalue weighted by atomic mass is 16.6. The summed E-state index contributed by atoms with van der Waals surface area (Å²) >= 11 is 0. The number of likely N-dealkylation sites (N-methyl/N-ethyl adjacent to an activating group) is 1. The highest BCUT2D eigenvalue weighted by Crippen LogP contribution is 2.33. The Hall–Kier alpha value is -2.78. The van der Waals surface area contributed by atoms with Crippen molar-refractivity contribution in [3.63, 3.8) is 0 Å². The minimum atomic E-state index is -1.30. The molecule has 3 heterocycles. The third-order valence-electron chi connectivity index (χ3n) is 6.47. The van der Waals surface area contributed by atoms with Gasteiger partial charge in [0.1, 0.15) is 23.5 Å². The largest absolute Gasteiger partial charge is 0.396 e. The van der Waals surface area contributed by atoms with Gasteiger partial charge in [-0.1, -0.05) is 11.8 Å². The fourth-order valence-electron chi connectivity index (χ4n) is 4.47. The fourth-order valence-corrected chi connectivity index (χ4v) is 4.47. The first kappa shape index (κ1) is 23.4. The first-order valence-corrected chi connectivity index (χ1v) is 11.3. The van der Waals surface area contributed by atoms with Crippen LogP contribution in [0.25, 0.3) is 11.2 Å². The predicted octanol–water partition coefficient (Wildman–Crippen LogP) is -0.192. The zero-order valence-corrected chi connectivity index (χ0v) is 18.5. The molecule has 5 N–H and O–H groups in total. The van der Waals surface area contributed by atoms with E-state index in [-0.39, 0.29) is 12.4 Å². The number of nitrogen functional groups attached to an aromatic ring is 1. The maximum atomic E-state index is 11.3. The molecule has 11 nitrogen and oxygen atoms in total. The molecule has 1 saturated heterocycles. The topological polar surface area (TPSA) is 160 Å². The number of rotatable bonds is 6. The second-order valence-electron chi connectivity index (χ2n) is 8.58. The van der Waals surface area contributed by atoms with Crippen molar-refractivity contribution in [2.75, 3.05) is 18.9 Å². The van der Waals surface area contributed by atoms with Gasteiger partial charge in [0, 0.05) is 19.1 Å². The zero-order valence-electron chi connectivity index (χ0n) is 18.5. The molecule has 0 spiro atoms. The van der Waals surface area contributed by atoms with Crippen molar-refractivity contribution in [3.8, 4) is 11.8 Å². The van der Waals surface area contributed by atoms with Gasteiger partial charge in [-0.3, -0.25) is 9.36 Å². The van der Waals surface area contributed by atoms with Crippen LogP contribution < -0.4 is 5.73 Å². The number of nitrogens with zero attached hydrogens (tertiary/aromatic N) is 5. The Morgan fingerprint density at radius 1 is 1.27 bits per heavy atom. The van der Waals surface area contributed by atoms with E-state index in [2.05, 4.69) is 26.8 Å². The molecule has 1 amide bonds. The number of carbonyl (C=O) groups excluding carboxylic acids is 1. The summed E-state index contributed by atoms with van der Waals surface area (Å²) in [6, 6.07) is 0. The minimum Gasteiger partial charge on any atom is -0.396 e. The molecular formula is C22H30N6O5. The first-order chi connectivity index (χ1) is 16.0.